The largest absolute Gasteiger partial charge is 0.396 e. The summed E-state index contributed by atoms with van der Waals surface area (Å²) in [7, 11) is 0. The molecule has 0 aliphatic carbocycles. The average Bonchev–Trinajstić information content (AvgIpc) is 2.19. The Labute approximate surface area is 86.4 Å². The van der Waals surface area contributed by atoms with Crippen LogP contribution in [0.1, 0.15) is 33.1 Å². The van der Waals surface area contributed by atoms with Crippen molar-refractivity contribution in [2.75, 3.05) is 19.7 Å². The van der Waals surface area contributed by atoms with Gasteiger partial charge < -0.3 is 10.0 Å². The van der Waals surface area contributed by atoms with Crippen LogP contribution in [0.25, 0.3) is 0 Å². The third-order valence-electron chi connectivity index (χ3n) is 2.11. The van der Waals surface area contributed by atoms with Gasteiger partial charge in [-0.1, -0.05) is 6.08 Å². The molecule has 0 spiro atoms. The van der Waals surface area contributed by atoms with Gasteiger partial charge in [-0.05, 0) is 39.2 Å². The molecule has 0 aromatic rings. The Bertz CT molecular complexity index is 174. The maximum Gasteiger partial charge on any atom is 0.246 e. The molecule has 3 nitrogen and oxygen atoms in total. The quantitative estimate of drug-likeness (QED) is 0.499. The van der Waals surface area contributed by atoms with Gasteiger partial charge in [0.15, 0.2) is 0 Å². The fraction of sp³-hybridized carbons (Fsp3) is 0.727. The van der Waals surface area contributed by atoms with Crippen LogP contribution in [0.15, 0.2) is 12.2 Å². The van der Waals surface area contributed by atoms with Gasteiger partial charge in [-0.2, -0.15) is 0 Å². The smallest absolute Gasteiger partial charge is 0.246 e. The summed E-state index contributed by atoms with van der Waals surface area (Å²) in [5, 5.41) is 8.54. The monoisotopic (exact) mass is 199 g/mol. The molecule has 1 N–H and O–H groups in total. The van der Waals surface area contributed by atoms with E-state index in [4.69, 9.17) is 5.11 Å². The summed E-state index contributed by atoms with van der Waals surface area (Å²) in [6.07, 6.45) is 6.14. The highest BCUT2D eigenvalue weighted by Gasteiger charge is 2.03. The molecule has 0 saturated carbocycles. The Morgan fingerprint density at radius 2 is 1.93 bits per heavy atom. The van der Waals surface area contributed by atoms with E-state index in [0.717, 1.165) is 32.4 Å². The number of allylic oxidation sites excluding steroid dienone is 1. The van der Waals surface area contributed by atoms with E-state index in [1.165, 1.54) is 0 Å². The Balaban J connectivity index is 3.69. The summed E-state index contributed by atoms with van der Waals surface area (Å²) in [5.74, 6) is 0.0824. The zero-order chi connectivity index (χ0) is 10.8. The molecule has 82 valence electrons. The van der Waals surface area contributed by atoms with Crippen molar-refractivity contribution in [3.05, 3.63) is 12.2 Å². The first-order chi connectivity index (χ1) is 6.76. The molecule has 0 heterocycles. The zero-order valence-corrected chi connectivity index (χ0v) is 9.20. The Hall–Kier alpha value is -0.830. The van der Waals surface area contributed by atoms with E-state index in [0.29, 0.717) is 0 Å². The molecule has 0 fully saturated rings. The van der Waals surface area contributed by atoms with Crippen molar-refractivity contribution in [2.45, 2.75) is 33.1 Å². The standard InChI is InChI=1S/C11H21NO2/c1-3-12(4-2)11(14)9-7-5-6-8-10-13/h7,9,13H,3-6,8,10H2,1-2H3/b9-7+. The molecular weight excluding hydrogens is 178 g/mol. The minimum atomic E-state index is 0.0824. The third kappa shape index (κ3) is 5.75. The fourth-order valence-electron chi connectivity index (χ4n) is 1.20. The maximum absolute atomic E-state index is 11.4. The van der Waals surface area contributed by atoms with Crippen molar-refractivity contribution < 1.29 is 9.90 Å². The molecule has 0 rings (SSSR count). The van der Waals surface area contributed by atoms with Crippen molar-refractivity contribution >= 4 is 5.91 Å². The molecule has 0 atom stereocenters. The van der Waals surface area contributed by atoms with E-state index in [-0.39, 0.29) is 12.5 Å². The molecule has 0 aliphatic heterocycles. The highest BCUT2D eigenvalue weighted by Crippen LogP contribution is 1.97. The molecule has 0 aliphatic rings. The van der Waals surface area contributed by atoms with Crippen molar-refractivity contribution in [1.29, 1.82) is 0 Å². The summed E-state index contributed by atoms with van der Waals surface area (Å²) in [6.45, 7) is 5.70. The third-order valence-corrected chi connectivity index (χ3v) is 2.11. The van der Waals surface area contributed by atoms with E-state index < -0.39 is 0 Å². The lowest BCUT2D eigenvalue weighted by molar-refractivity contribution is -0.125. The summed E-state index contributed by atoms with van der Waals surface area (Å²) >= 11 is 0. The molecule has 0 radical (unpaired) electrons. The highest BCUT2D eigenvalue weighted by atomic mass is 16.2. The molecule has 0 unspecified atom stereocenters. The molecule has 3 heteroatoms. The Morgan fingerprint density at radius 1 is 1.29 bits per heavy atom. The van der Waals surface area contributed by atoms with E-state index in [9.17, 15) is 4.79 Å². The molecule has 14 heavy (non-hydrogen) atoms. The predicted octanol–water partition coefficient (Wildman–Crippen LogP) is 1.57. The number of unbranched alkanes of at least 4 members (excludes halogenated alkanes) is 2. The van der Waals surface area contributed by atoms with Gasteiger partial charge in [0.05, 0.1) is 0 Å². The minimum Gasteiger partial charge on any atom is -0.396 e. The van der Waals surface area contributed by atoms with Crippen molar-refractivity contribution in [1.82, 2.24) is 4.90 Å². The zero-order valence-electron chi connectivity index (χ0n) is 9.20. The lowest BCUT2D eigenvalue weighted by Gasteiger charge is -2.15. The second kappa shape index (κ2) is 8.75. The van der Waals surface area contributed by atoms with Gasteiger partial charge in [0.1, 0.15) is 0 Å². The molecule has 0 aromatic carbocycles. The number of hydrogen-bond donors (Lipinski definition) is 1. The number of likely N-dealkylation sites (N-methyl/N-ethyl adjacent to an activating group) is 1. The predicted molar refractivity (Wildman–Crippen MR) is 58.0 cm³/mol. The van der Waals surface area contributed by atoms with Gasteiger partial charge in [0.2, 0.25) is 5.91 Å². The average molecular weight is 199 g/mol. The van der Waals surface area contributed by atoms with E-state index in [1.54, 1.807) is 11.0 Å². The lowest BCUT2D eigenvalue weighted by atomic mass is 10.2. The van der Waals surface area contributed by atoms with Crippen LogP contribution in [0.2, 0.25) is 0 Å². The first-order valence-electron chi connectivity index (χ1n) is 5.32. The molecule has 0 bridgehead atoms. The minimum absolute atomic E-state index is 0.0824. The van der Waals surface area contributed by atoms with Gasteiger partial charge in [-0.3, -0.25) is 4.79 Å². The van der Waals surface area contributed by atoms with Gasteiger partial charge in [0, 0.05) is 19.7 Å². The van der Waals surface area contributed by atoms with Crippen LogP contribution in [0, 0.1) is 0 Å². The van der Waals surface area contributed by atoms with Crippen LogP contribution in [-0.4, -0.2) is 35.6 Å². The van der Waals surface area contributed by atoms with Crippen LogP contribution < -0.4 is 0 Å². The second-order valence-corrected chi connectivity index (χ2v) is 3.13. The van der Waals surface area contributed by atoms with Crippen LogP contribution in [0.3, 0.4) is 0 Å². The van der Waals surface area contributed by atoms with Crippen LogP contribution in [0.4, 0.5) is 0 Å². The first-order valence-corrected chi connectivity index (χ1v) is 5.32. The number of aliphatic hydroxyl groups is 1. The number of amides is 1. The van der Waals surface area contributed by atoms with Crippen LogP contribution in [0.5, 0.6) is 0 Å². The number of rotatable bonds is 7. The summed E-state index contributed by atoms with van der Waals surface area (Å²) in [5.41, 5.74) is 0. The molecule has 1 amide bonds. The Kier molecular flexibility index (Phi) is 8.24. The normalized spacial score (nSPS) is 10.8. The first kappa shape index (κ1) is 13.2. The van der Waals surface area contributed by atoms with Gasteiger partial charge in [0.25, 0.3) is 0 Å². The van der Waals surface area contributed by atoms with E-state index >= 15 is 0 Å². The fourth-order valence-corrected chi connectivity index (χ4v) is 1.20. The van der Waals surface area contributed by atoms with Gasteiger partial charge in [-0.15, -0.1) is 0 Å². The van der Waals surface area contributed by atoms with Crippen LogP contribution >= 0.6 is 0 Å². The van der Waals surface area contributed by atoms with E-state index in [1.807, 2.05) is 19.9 Å². The Morgan fingerprint density at radius 3 is 2.43 bits per heavy atom. The number of carbonyl (C=O) groups is 1. The van der Waals surface area contributed by atoms with E-state index in [2.05, 4.69) is 0 Å². The molecular formula is C11H21NO2. The van der Waals surface area contributed by atoms with Gasteiger partial charge in [-0.25, -0.2) is 0 Å². The van der Waals surface area contributed by atoms with Crippen molar-refractivity contribution in [2.24, 2.45) is 0 Å². The van der Waals surface area contributed by atoms with Crippen LogP contribution in [-0.2, 0) is 4.79 Å². The lowest BCUT2D eigenvalue weighted by Crippen LogP contribution is -2.28. The number of aliphatic hydroxyl groups excluding tert-OH is 1. The topological polar surface area (TPSA) is 40.5 Å². The van der Waals surface area contributed by atoms with Crippen molar-refractivity contribution in [3.63, 3.8) is 0 Å². The SMILES string of the molecule is CCN(CC)C(=O)/C=C/CCCCO. The second-order valence-electron chi connectivity index (χ2n) is 3.13. The number of hydrogen-bond acceptors (Lipinski definition) is 2. The number of nitrogens with zero attached hydrogens (tertiary/aromatic N) is 1. The summed E-state index contributed by atoms with van der Waals surface area (Å²) < 4.78 is 0. The summed E-state index contributed by atoms with van der Waals surface area (Å²) in [4.78, 5) is 13.2. The molecule has 0 aromatic heterocycles. The summed E-state index contributed by atoms with van der Waals surface area (Å²) in [6, 6.07) is 0. The molecule has 0 saturated heterocycles. The highest BCUT2D eigenvalue weighted by molar-refractivity contribution is 5.87. The number of carbonyl (C=O) groups excluding carboxylic acids is 1. The maximum atomic E-state index is 11.4. The van der Waals surface area contributed by atoms with Gasteiger partial charge >= 0.3 is 0 Å². The van der Waals surface area contributed by atoms with Crippen molar-refractivity contribution in [3.8, 4) is 0 Å².